The molecule has 6 heteroatoms. The molecule has 108 valence electrons. The van der Waals surface area contributed by atoms with Crippen molar-refractivity contribution in [3.05, 3.63) is 6.92 Å². The molecule has 1 rings (SSSR count). The number of rotatable bonds is 4. The van der Waals surface area contributed by atoms with Crippen molar-refractivity contribution >= 4 is 23.7 Å². The monoisotopic (exact) mass is 288 g/mol. The van der Waals surface area contributed by atoms with E-state index >= 15 is 0 Å². The zero-order chi connectivity index (χ0) is 14.6. The molecule has 1 heterocycles. The van der Waals surface area contributed by atoms with Crippen LogP contribution in [-0.2, 0) is 23.8 Å². The van der Waals surface area contributed by atoms with Crippen LogP contribution in [0.1, 0.15) is 27.7 Å². The topological polar surface area (TPSA) is 61.8 Å². The molecular formula is C13H20O5S. The number of thioether (sulfide) groups is 1. The molecule has 1 fully saturated rings. The lowest BCUT2D eigenvalue weighted by molar-refractivity contribution is -0.202. The Morgan fingerprint density at radius 2 is 1.74 bits per heavy atom. The second-order valence-electron chi connectivity index (χ2n) is 4.43. The van der Waals surface area contributed by atoms with Crippen LogP contribution < -0.4 is 0 Å². The number of ether oxygens (including phenoxy) is 3. The van der Waals surface area contributed by atoms with Crippen molar-refractivity contribution in [1.82, 2.24) is 0 Å². The second-order valence-corrected chi connectivity index (χ2v) is 5.81. The van der Waals surface area contributed by atoms with Gasteiger partial charge in [-0.2, -0.15) is 0 Å². The molecule has 2 unspecified atom stereocenters. The molecule has 5 atom stereocenters. The molecule has 0 aliphatic carbocycles. The minimum atomic E-state index is -0.798. The first-order chi connectivity index (χ1) is 8.86. The molecule has 0 spiro atoms. The molecule has 2 radical (unpaired) electrons. The molecule has 0 aromatic rings. The highest BCUT2D eigenvalue weighted by Crippen LogP contribution is 2.35. The fraction of sp³-hybridized carbons (Fsp3) is 0.769. The Bertz CT molecular complexity index is 333. The molecule has 1 saturated heterocycles. The highest BCUT2D eigenvalue weighted by molar-refractivity contribution is 7.99. The summed E-state index contributed by atoms with van der Waals surface area (Å²) < 4.78 is 16.0. The average molecular weight is 288 g/mol. The van der Waals surface area contributed by atoms with Crippen molar-refractivity contribution < 1.29 is 23.8 Å². The van der Waals surface area contributed by atoms with Crippen LogP contribution in [0.4, 0.5) is 0 Å². The smallest absolute Gasteiger partial charge is 0.303 e. The Kier molecular flexibility index (Phi) is 6.13. The lowest BCUT2D eigenvalue weighted by atomic mass is 9.93. The van der Waals surface area contributed by atoms with Crippen LogP contribution in [0.2, 0.25) is 0 Å². The van der Waals surface area contributed by atoms with Crippen LogP contribution >= 0.6 is 11.8 Å². The summed E-state index contributed by atoms with van der Waals surface area (Å²) in [4.78, 5) is 22.3. The molecular weight excluding hydrogens is 268 g/mol. The van der Waals surface area contributed by atoms with Gasteiger partial charge in [-0.15, -0.1) is 11.8 Å². The van der Waals surface area contributed by atoms with E-state index in [0.29, 0.717) is 0 Å². The first-order valence-corrected chi connectivity index (χ1v) is 7.28. The summed E-state index contributed by atoms with van der Waals surface area (Å²) in [5, 5.41) is 0. The molecule has 1 aliphatic heterocycles. The van der Waals surface area contributed by atoms with Crippen LogP contribution in [0.3, 0.4) is 0 Å². The second kappa shape index (κ2) is 7.14. The van der Waals surface area contributed by atoms with E-state index in [4.69, 9.17) is 21.1 Å². The number of carbonyl (C=O) groups excluding carboxylic acids is 2. The van der Waals surface area contributed by atoms with Gasteiger partial charge < -0.3 is 14.2 Å². The van der Waals surface area contributed by atoms with Crippen LogP contribution in [0.15, 0.2) is 0 Å². The number of carbonyl (C=O) groups is 2. The van der Waals surface area contributed by atoms with Crippen molar-refractivity contribution in [3.8, 4) is 0 Å². The van der Waals surface area contributed by atoms with Crippen molar-refractivity contribution in [1.29, 1.82) is 0 Å². The Hall–Kier alpha value is -0.750. The van der Waals surface area contributed by atoms with Gasteiger partial charge in [0.05, 0.1) is 0 Å². The maximum absolute atomic E-state index is 11.2. The lowest BCUT2D eigenvalue weighted by Crippen LogP contribution is -2.54. The summed E-state index contributed by atoms with van der Waals surface area (Å²) in [6.07, 6.45) is -2.16. The molecule has 0 N–H and O–H groups in total. The number of hydrogen-bond donors (Lipinski definition) is 0. The minimum Gasteiger partial charge on any atom is -0.458 e. The van der Waals surface area contributed by atoms with Gasteiger partial charge in [0, 0.05) is 26.7 Å². The lowest BCUT2D eigenvalue weighted by Gasteiger charge is -2.42. The zero-order valence-corrected chi connectivity index (χ0v) is 12.4. The van der Waals surface area contributed by atoms with Gasteiger partial charge >= 0.3 is 11.9 Å². The Balaban J connectivity index is 2.88. The van der Waals surface area contributed by atoms with Crippen molar-refractivity contribution in [2.45, 2.75) is 51.4 Å². The van der Waals surface area contributed by atoms with Gasteiger partial charge in [0.25, 0.3) is 0 Å². The molecule has 1 aliphatic rings. The highest BCUT2D eigenvalue weighted by atomic mass is 32.2. The van der Waals surface area contributed by atoms with Gasteiger partial charge in [0.15, 0.2) is 6.10 Å². The molecule has 0 amide bonds. The molecule has 0 bridgehead atoms. The van der Waals surface area contributed by atoms with E-state index in [1.54, 1.807) is 11.8 Å². The fourth-order valence-electron chi connectivity index (χ4n) is 2.04. The van der Waals surface area contributed by atoms with Crippen LogP contribution in [0.25, 0.3) is 0 Å². The zero-order valence-electron chi connectivity index (χ0n) is 11.6. The third-order valence-corrected chi connectivity index (χ3v) is 4.02. The van der Waals surface area contributed by atoms with E-state index in [0.717, 1.165) is 5.75 Å². The maximum Gasteiger partial charge on any atom is 0.303 e. The predicted molar refractivity (Wildman–Crippen MR) is 71.4 cm³/mol. The van der Waals surface area contributed by atoms with E-state index in [9.17, 15) is 9.59 Å². The standard InChI is InChI=1S/C13H20O5S/c1-6-19-13-7(2)11(17-9(4)14)12(8(3)16-13)18-10(5)15/h3,7-8,11-13H,6H2,1-2,4-5H3/t7-,8?,11-,12+,13?/m1/s1. The number of esters is 2. The largest absolute Gasteiger partial charge is 0.458 e. The van der Waals surface area contributed by atoms with Gasteiger partial charge in [0.1, 0.15) is 17.6 Å². The van der Waals surface area contributed by atoms with Crippen molar-refractivity contribution in [2.75, 3.05) is 5.75 Å². The summed E-state index contributed by atoms with van der Waals surface area (Å²) in [6, 6.07) is 0. The van der Waals surface area contributed by atoms with E-state index in [1.165, 1.54) is 13.8 Å². The van der Waals surface area contributed by atoms with E-state index in [1.807, 2.05) is 13.8 Å². The Morgan fingerprint density at radius 3 is 2.21 bits per heavy atom. The first-order valence-electron chi connectivity index (χ1n) is 6.23. The highest BCUT2D eigenvalue weighted by Gasteiger charge is 2.46. The number of hydrogen-bond acceptors (Lipinski definition) is 6. The van der Waals surface area contributed by atoms with Crippen LogP contribution in [0.5, 0.6) is 0 Å². The van der Waals surface area contributed by atoms with Gasteiger partial charge in [-0.25, -0.2) is 0 Å². The van der Waals surface area contributed by atoms with Gasteiger partial charge in [-0.3, -0.25) is 9.59 Å². The quantitative estimate of drug-likeness (QED) is 0.733. The third kappa shape index (κ3) is 4.38. The van der Waals surface area contributed by atoms with Crippen LogP contribution in [-0.4, -0.2) is 41.4 Å². The summed E-state index contributed by atoms with van der Waals surface area (Å²) in [6.45, 7) is 12.4. The van der Waals surface area contributed by atoms with E-state index < -0.39 is 30.3 Å². The van der Waals surface area contributed by atoms with Crippen molar-refractivity contribution in [2.24, 2.45) is 5.92 Å². The van der Waals surface area contributed by atoms with E-state index in [2.05, 4.69) is 0 Å². The summed E-state index contributed by atoms with van der Waals surface area (Å²) in [5.41, 5.74) is -0.184. The molecule has 0 saturated carbocycles. The van der Waals surface area contributed by atoms with Crippen LogP contribution in [0, 0.1) is 12.8 Å². The summed E-state index contributed by atoms with van der Waals surface area (Å²) in [5.74, 6) is -0.163. The maximum atomic E-state index is 11.2. The summed E-state index contributed by atoms with van der Waals surface area (Å²) >= 11 is 1.58. The molecule has 19 heavy (non-hydrogen) atoms. The average Bonchev–Trinajstić information content (AvgIpc) is 2.29. The van der Waals surface area contributed by atoms with Gasteiger partial charge in [-0.05, 0) is 5.75 Å². The van der Waals surface area contributed by atoms with E-state index in [-0.39, 0.29) is 11.4 Å². The Morgan fingerprint density at radius 1 is 1.21 bits per heavy atom. The fourth-order valence-corrected chi connectivity index (χ4v) is 3.04. The normalized spacial score (nSPS) is 34.7. The molecule has 0 aromatic heterocycles. The Labute approximate surface area is 118 Å². The van der Waals surface area contributed by atoms with Gasteiger partial charge in [-0.1, -0.05) is 13.8 Å². The minimum absolute atomic E-state index is 0.113. The first kappa shape index (κ1) is 16.3. The molecule has 0 aromatic carbocycles. The summed E-state index contributed by atoms with van der Waals surface area (Å²) in [7, 11) is 0. The predicted octanol–water partition coefficient (Wildman–Crippen LogP) is 1.67. The molecule has 5 nitrogen and oxygen atoms in total. The van der Waals surface area contributed by atoms with Crippen molar-refractivity contribution in [3.63, 3.8) is 0 Å². The van der Waals surface area contributed by atoms with Gasteiger partial charge in [0.2, 0.25) is 0 Å². The SMILES string of the molecule is [CH]C1OC(SCC)[C@H](C)[C@@H](OC(C)=O)[C@H]1OC(C)=O. The third-order valence-electron chi connectivity index (χ3n) is 2.82.